The van der Waals surface area contributed by atoms with E-state index in [1.807, 2.05) is 13.0 Å². The summed E-state index contributed by atoms with van der Waals surface area (Å²) >= 11 is 6.14. The van der Waals surface area contributed by atoms with E-state index in [4.69, 9.17) is 11.6 Å². The van der Waals surface area contributed by atoms with E-state index in [9.17, 15) is 18.0 Å². The molecule has 0 spiro atoms. The Bertz CT molecular complexity index is 982. The van der Waals surface area contributed by atoms with Gasteiger partial charge in [0.15, 0.2) is 5.82 Å². The number of alkyl halides is 3. The Balaban J connectivity index is 2.08. The summed E-state index contributed by atoms with van der Waals surface area (Å²) in [6, 6.07) is 9.50. The molecule has 8 heteroatoms. The van der Waals surface area contributed by atoms with Crippen LogP contribution in [0.15, 0.2) is 47.3 Å². The highest BCUT2D eigenvalue weighted by Crippen LogP contribution is 2.31. The van der Waals surface area contributed by atoms with Gasteiger partial charge in [0.2, 0.25) is 0 Å². The largest absolute Gasteiger partial charge is 0.416 e. The molecule has 128 valence electrons. The van der Waals surface area contributed by atoms with Crippen molar-refractivity contribution in [1.29, 1.82) is 0 Å². The molecular weight excluding hydrogens is 355 g/mol. The molecule has 0 unspecified atom stereocenters. The van der Waals surface area contributed by atoms with Gasteiger partial charge in [0, 0.05) is 11.1 Å². The lowest BCUT2D eigenvalue weighted by atomic mass is 10.1. The number of aromatic nitrogens is 3. The second kappa shape index (κ2) is 6.33. The van der Waals surface area contributed by atoms with E-state index < -0.39 is 17.4 Å². The minimum atomic E-state index is -4.44. The fourth-order valence-electron chi connectivity index (χ4n) is 2.27. The Morgan fingerprint density at radius 1 is 1.04 bits per heavy atom. The predicted octanol–water partition coefficient (Wildman–Crippen LogP) is 4.48. The Morgan fingerprint density at radius 3 is 2.36 bits per heavy atom. The molecule has 1 aromatic heterocycles. The third kappa shape index (κ3) is 3.71. The van der Waals surface area contributed by atoms with Gasteiger partial charge in [0.1, 0.15) is 5.82 Å². The maximum atomic E-state index is 12.7. The van der Waals surface area contributed by atoms with Crippen LogP contribution in [0.5, 0.6) is 0 Å². The summed E-state index contributed by atoms with van der Waals surface area (Å²) in [6.07, 6.45) is -4.44. The average Bonchev–Trinajstić information content (AvgIpc) is 2.56. The molecule has 3 rings (SSSR count). The number of nitrogens with zero attached hydrogens (tertiary/aromatic N) is 2. The number of halogens is 4. The van der Waals surface area contributed by atoms with Crippen molar-refractivity contribution >= 4 is 11.6 Å². The monoisotopic (exact) mass is 365 g/mol. The molecule has 0 radical (unpaired) electrons. The van der Waals surface area contributed by atoms with Gasteiger partial charge in [0.25, 0.3) is 0 Å². The Morgan fingerprint density at radius 2 is 1.72 bits per heavy atom. The van der Waals surface area contributed by atoms with Crippen molar-refractivity contribution < 1.29 is 13.2 Å². The van der Waals surface area contributed by atoms with Crippen molar-refractivity contribution in [3.63, 3.8) is 0 Å². The molecule has 0 bridgehead atoms. The fraction of sp³-hybridized carbons (Fsp3) is 0.118. The SMILES string of the molecule is Cc1ccc(Cl)c(-c2nc(-c3ccc(C(F)(F)F)cc3)nc(=O)[nH]2)c1. The lowest BCUT2D eigenvalue weighted by Crippen LogP contribution is -2.14. The van der Waals surface area contributed by atoms with Crippen LogP contribution in [0.4, 0.5) is 13.2 Å². The molecule has 1 heterocycles. The van der Waals surface area contributed by atoms with Gasteiger partial charge in [-0.1, -0.05) is 35.4 Å². The molecule has 0 aliphatic rings. The molecule has 1 N–H and O–H groups in total. The van der Waals surface area contributed by atoms with Crippen molar-refractivity contribution in [2.75, 3.05) is 0 Å². The Labute approximate surface area is 145 Å². The van der Waals surface area contributed by atoms with E-state index in [-0.39, 0.29) is 11.6 Å². The molecule has 0 saturated carbocycles. The molecule has 4 nitrogen and oxygen atoms in total. The molecule has 0 aliphatic heterocycles. The molecule has 0 fully saturated rings. The van der Waals surface area contributed by atoms with Gasteiger partial charge in [-0.3, -0.25) is 4.98 Å². The summed E-state index contributed by atoms with van der Waals surface area (Å²) in [6.45, 7) is 1.86. The van der Waals surface area contributed by atoms with Crippen LogP contribution in [0.2, 0.25) is 5.02 Å². The molecule has 0 aliphatic carbocycles. The Hall–Kier alpha value is -2.67. The minimum absolute atomic E-state index is 0.0186. The molecule has 0 atom stereocenters. The maximum absolute atomic E-state index is 12.7. The number of aryl methyl sites for hydroxylation is 1. The number of rotatable bonds is 2. The zero-order valence-electron chi connectivity index (χ0n) is 12.9. The van der Waals surface area contributed by atoms with Crippen LogP contribution in [0.3, 0.4) is 0 Å². The van der Waals surface area contributed by atoms with E-state index in [0.717, 1.165) is 17.7 Å². The van der Waals surface area contributed by atoms with Crippen molar-refractivity contribution in [3.8, 4) is 22.8 Å². The second-order valence-electron chi connectivity index (χ2n) is 5.38. The lowest BCUT2D eigenvalue weighted by Gasteiger charge is -2.08. The summed E-state index contributed by atoms with van der Waals surface area (Å²) in [5.74, 6) is 0.216. The number of benzene rings is 2. The first-order valence-electron chi connectivity index (χ1n) is 7.16. The lowest BCUT2D eigenvalue weighted by molar-refractivity contribution is -0.137. The summed E-state index contributed by atoms with van der Waals surface area (Å²) in [7, 11) is 0. The van der Waals surface area contributed by atoms with Gasteiger partial charge in [-0.2, -0.15) is 18.2 Å². The van der Waals surface area contributed by atoms with Crippen LogP contribution < -0.4 is 5.69 Å². The summed E-state index contributed by atoms with van der Waals surface area (Å²) < 4.78 is 38.0. The highest BCUT2D eigenvalue weighted by Gasteiger charge is 2.30. The summed E-state index contributed by atoms with van der Waals surface area (Å²) in [5, 5.41) is 0.387. The van der Waals surface area contributed by atoms with Crippen LogP contribution in [0.1, 0.15) is 11.1 Å². The van der Waals surface area contributed by atoms with E-state index in [1.54, 1.807) is 12.1 Å². The molecule has 0 amide bonds. The quantitative estimate of drug-likeness (QED) is 0.728. The van der Waals surface area contributed by atoms with Crippen LogP contribution in [-0.2, 0) is 6.18 Å². The van der Waals surface area contributed by atoms with Crippen LogP contribution in [-0.4, -0.2) is 15.0 Å². The zero-order chi connectivity index (χ0) is 18.2. The van der Waals surface area contributed by atoms with Gasteiger partial charge < -0.3 is 0 Å². The zero-order valence-corrected chi connectivity index (χ0v) is 13.6. The standard InChI is InChI=1S/C17H11ClF3N3O/c1-9-2-7-13(18)12(8-9)15-22-14(23-16(25)24-15)10-3-5-11(6-4-10)17(19,20)21/h2-8H,1H3,(H,22,23,24,25). The van der Waals surface area contributed by atoms with Crippen molar-refractivity contribution in [1.82, 2.24) is 15.0 Å². The topological polar surface area (TPSA) is 58.6 Å². The predicted molar refractivity (Wildman–Crippen MR) is 88.3 cm³/mol. The van der Waals surface area contributed by atoms with E-state index >= 15 is 0 Å². The average molecular weight is 366 g/mol. The summed E-state index contributed by atoms with van der Waals surface area (Å²) in [5.41, 5.74) is 0.258. The van der Waals surface area contributed by atoms with Crippen molar-refractivity contribution in [3.05, 3.63) is 69.1 Å². The van der Waals surface area contributed by atoms with Crippen molar-refractivity contribution in [2.45, 2.75) is 13.1 Å². The molecule has 0 saturated heterocycles. The number of nitrogens with one attached hydrogen (secondary N) is 1. The van der Waals surface area contributed by atoms with Crippen LogP contribution in [0, 0.1) is 6.92 Å². The maximum Gasteiger partial charge on any atom is 0.416 e. The molecule has 3 aromatic rings. The van der Waals surface area contributed by atoms with E-state index in [0.29, 0.717) is 16.1 Å². The van der Waals surface area contributed by atoms with E-state index in [2.05, 4.69) is 15.0 Å². The third-order valence-electron chi connectivity index (χ3n) is 3.50. The highest BCUT2D eigenvalue weighted by molar-refractivity contribution is 6.33. The van der Waals surface area contributed by atoms with Crippen molar-refractivity contribution in [2.24, 2.45) is 0 Å². The van der Waals surface area contributed by atoms with Gasteiger partial charge in [0.05, 0.1) is 10.6 Å². The minimum Gasteiger partial charge on any atom is -0.290 e. The smallest absolute Gasteiger partial charge is 0.290 e. The molecular formula is C17H11ClF3N3O. The van der Waals surface area contributed by atoms with E-state index in [1.165, 1.54) is 12.1 Å². The Kier molecular flexibility index (Phi) is 4.34. The first-order chi connectivity index (χ1) is 11.7. The fourth-order valence-corrected chi connectivity index (χ4v) is 2.48. The van der Waals surface area contributed by atoms with Gasteiger partial charge in [-0.25, -0.2) is 9.78 Å². The number of aromatic amines is 1. The first-order valence-corrected chi connectivity index (χ1v) is 7.54. The number of H-pyrrole nitrogens is 1. The second-order valence-corrected chi connectivity index (χ2v) is 5.79. The normalized spacial score (nSPS) is 11.6. The summed E-state index contributed by atoms with van der Waals surface area (Å²) in [4.78, 5) is 22.3. The molecule has 2 aromatic carbocycles. The van der Waals surface area contributed by atoms with Crippen LogP contribution >= 0.6 is 11.6 Å². The van der Waals surface area contributed by atoms with Gasteiger partial charge in [-0.05, 0) is 31.2 Å². The molecule has 25 heavy (non-hydrogen) atoms. The number of hydrogen-bond donors (Lipinski definition) is 1. The van der Waals surface area contributed by atoms with Crippen LogP contribution in [0.25, 0.3) is 22.8 Å². The van der Waals surface area contributed by atoms with Gasteiger partial charge in [-0.15, -0.1) is 0 Å². The number of hydrogen-bond acceptors (Lipinski definition) is 3. The van der Waals surface area contributed by atoms with Gasteiger partial charge >= 0.3 is 11.9 Å². The third-order valence-corrected chi connectivity index (χ3v) is 3.83. The first kappa shape index (κ1) is 17.2. The highest BCUT2D eigenvalue weighted by atomic mass is 35.5.